The molecule has 1 aromatic rings. The van der Waals surface area contributed by atoms with E-state index in [2.05, 4.69) is 0 Å². The number of nitro groups is 1. The van der Waals surface area contributed by atoms with Crippen molar-refractivity contribution in [3.8, 4) is 6.07 Å². The summed E-state index contributed by atoms with van der Waals surface area (Å²) >= 11 is 0. The number of nitriles is 1. The molecule has 1 aromatic carbocycles. The van der Waals surface area contributed by atoms with E-state index in [1.54, 1.807) is 13.0 Å². The van der Waals surface area contributed by atoms with Crippen molar-refractivity contribution in [2.75, 3.05) is 0 Å². The first-order chi connectivity index (χ1) is 9.06. The number of esters is 1. The molecule has 0 heterocycles. The fourth-order valence-electron chi connectivity index (χ4n) is 1.37. The van der Waals surface area contributed by atoms with Gasteiger partial charge >= 0.3 is 5.97 Å². The van der Waals surface area contributed by atoms with Crippen LogP contribution in [0.3, 0.4) is 0 Å². The molecule has 1 rings (SSSR count). The number of allylic oxidation sites excluding steroid dienone is 1. The number of hydrogen-bond donors (Lipinski definition) is 0. The van der Waals surface area contributed by atoms with Crippen LogP contribution in [0.15, 0.2) is 36.4 Å². The van der Waals surface area contributed by atoms with Crippen molar-refractivity contribution < 1.29 is 14.5 Å². The molecule has 0 aliphatic rings. The van der Waals surface area contributed by atoms with Crippen molar-refractivity contribution in [1.82, 2.24) is 0 Å². The van der Waals surface area contributed by atoms with Crippen LogP contribution in [0.4, 0.5) is 5.69 Å². The van der Waals surface area contributed by atoms with Gasteiger partial charge in [-0.15, -0.1) is 0 Å². The molecule has 0 radical (unpaired) electrons. The van der Waals surface area contributed by atoms with Crippen LogP contribution in [-0.4, -0.2) is 17.0 Å². The largest absolute Gasteiger partial charge is 0.442 e. The number of carbonyl (C=O) groups excluding carboxylic acids is 1. The number of benzene rings is 1. The predicted molar refractivity (Wildman–Crippen MR) is 67.1 cm³/mol. The lowest BCUT2D eigenvalue weighted by atomic mass is 10.1. The van der Waals surface area contributed by atoms with Crippen LogP contribution in [0.1, 0.15) is 12.5 Å². The van der Waals surface area contributed by atoms with Crippen LogP contribution in [-0.2, 0) is 16.0 Å². The van der Waals surface area contributed by atoms with E-state index in [9.17, 15) is 14.9 Å². The molecule has 0 spiro atoms. The summed E-state index contributed by atoms with van der Waals surface area (Å²) in [5.41, 5.74) is 0.550. The summed E-state index contributed by atoms with van der Waals surface area (Å²) < 4.78 is 4.90. The van der Waals surface area contributed by atoms with Gasteiger partial charge in [0.15, 0.2) is 0 Å². The Morgan fingerprint density at radius 1 is 1.53 bits per heavy atom. The molecule has 0 saturated heterocycles. The molecule has 0 aromatic heterocycles. The van der Waals surface area contributed by atoms with E-state index in [0.29, 0.717) is 5.56 Å². The summed E-state index contributed by atoms with van der Waals surface area (Å²) in [7, 11) is 0. The van der Waals surface area contributed by atoms with Gasteiger partial charge in [-0.25, -0.2) is 0 Å². The fraction of sp³-hybridized carbons (Fsp3) is 0.231. The SMILES string of the molecule is C/C=C\[C@H](C#N)OC(=O)Cc1ccc([N+](=O)[O-])cc1. The number of ether oxygens (including phenoxy) is 1. The Balaban J connectivity index is 2.62. The third-order valence-corrected chi connectivity index (χ3v) is 2.25. The van der Waals surface area contributed by atoms with Crippen LogP contribution in [0.2, 0.25) is 0 Å². The highest BCUT2D eigenvalue weighted by Crippen LogP contribution is 2.12. The summed E-state index contributed by atoms with van der Waals surface area (Å²) in [6.07, 6.45) is 2.14. The third-order valence-electron chi connectivity index (χ3n) is 2.25. The van der Waals surface area contributed by atoms with Crippen molar-refractivity contribution in [2.45, 2.75) is 19.4 Å². The lowest BCUT2D eigenvalue weighted by Crippen LogP contribution is -2.16. The van der Waals surface area contributed by atoms with Crippen LogP contribution < -0.4 is 0 Å². The summed E-state index contributed by atoms with van der Waals surface area (Å²) in [5, 5.41) is 19.2. The quantitative estimate of drug-likeness (QED) is 0.350. The van der Waals surface area contributed by atoms with Gasteiger partial charge in [0.1, 0.15) is 6.07 Å². The molecule has 0 aliphatic carbocycles. The minimum Gasteiger partial charge on any atom is -0.442 e. The summed E-state index contributed by atoms with van der Waals surface area (Å²) in [5.74, 6) is -0.557. The number of non-ortho nitro benzene ring substituents is 1. The lowest BCUT2D eigenvalue weighted by Gasteiger charge is -2.06. The van der Waals surface area contributed by atoms with Gasteiger partial charge in [-0.05, 0) is 18.6 Å². The Kier molecular flexibility index (Phi) is 5.23. The highest BCUT2D eigenvalue weighted by molar-refractivity contribution is 5.73. The standard InChI is InChI=1S/C13H12N2O4/c1-2-3-12(9-14)19-13(16)8-10-4-6-11(7-5-10)15(17)18/h2-7,12H,8H2,1H3/b3-2-/t12-/m1/s1. The zero-order chi connectivity index (χ0) is 14.3. The zero-order valence-corrected chi connectivity index (χ0v) is 10.3. The first-order valence-electron chi connectivity index (χ1n) is 5.52. The first-order valence-corrected chi connectivity index (χ1v) is 5.52. The number of carbonyl (C=O) groups is 1. The maximum absolute atomic E-state index is 11.5. The monoisotopic (exact) mass is 260 g/mol. The van der Waals surface area contributed by atoms with Gasteiger partial charge in [-0.2, -0.15) is 5.26 Å². The van der Waals surface area contributed by atoms with Crippen molar-refractivity contribution in [2.24, 2.45) is 0 Å². The molecule has 6 nitrogen and oxygen atoms in total. The maximum atomic E-state index is 11.5. The second-order valence-electron chi connectivity index (χ2n) is 3.67. The Bertz CT molecular complexity index is 529. The van der Waals surface area contributed by atoms with Crippen molar-refractivity contribution in [1.29, 1.82) is 5.26 Å². The summed E-state index contributed by atoms with van der Waals surface area (Å²) in [6, 6.07) is 7.42. The van der Waals surface area contributed by atoms with Crippen LogP contribution in [0, 0.1) is 21.4 Å². The van der Waals surface area contributed by atoms with Gasteiger partial charge < -0.3 is 4.74 Å². The van der Waals surface area contributed by atoms with Crippen molar-refractivity contribution >= 4 is 11.7 Å². The van der Waals surface area contributed by atoms with E-state index in [-0.39, 0.29) is 12.1 Å². The van der Waals surface area contributed by atoms with Gasteiger partial charge in [0, 0.05) is 12.1 Å². The molecule has 6 heteroatoms. The molecule has 1 atom stereocenters. The Morgan fingerprint density at radius 3 is 2.63 bits per heavy atom. The van der Waals surface area contributed by atoms with Crippen molar-refractivity contribution in [3.63, 3.8) is 0 Å². The average molecular weight is 260 g/mol. The molecule has 0 aliphatic heterocycles. The molecule has 0 saturated carbocycles. The number of rotatable bonds is 5. The molecule has 19 heavy (non-hydrogen) atoms. The van der Waals surface area contributed by atoms with Crippen molar-refractivity contribution in [3.05, 3.63) is 52.1 Å². The van der Waals surface area contributed by atoms with Gasteiger partial charge in [-0.1, -0.05) is 18.2 Å². The third kappa shape index (κ3) is 4.60. The highest BCUT2D eigenvalue weighted by atomic mass is 16.6. The number of nitro benzene ring substituents is 1. The second kappa shape index (κ2) is 6.91. The molecule has 98 valence electrons. The summed E-state index contributed by atoms with van der Waals surface area (Å²) in [6.45, 7) is 1.72. The Labute approximate surface area is 110 Å². The van der Waals surface area contributed by atoms with Gasteiger partial charge in [-0.3, -0.25) is 14.9 Å². The molecular weight excluding hydrogens is 248 g/mol. The fourth-order valence-corrected chi connectivity index (χ4v) is 1.37. The van der Waals surface area contributed by atoms with Gasteiger partial charge in [0.05, 0.1) is 11.3 Å². The van der Waals surface area contributed by atoms with Gasteiger partial charge in [0.2, 0.25) is 6.10 Å². The van der Waals surface area contributed by atoms with E-state index < -0.39 is 17.0 Å². The van der Waals surface area contributed by atoms with E-state index in [0.717, 1.165) is 0 Å². The Hall–Kier alpha value is -2.68. The minimum atomic E-state index is -0.907. The van der Waals surface area contributed by atoms with E-state index >= 15 is 0 Å². The second-order valence-corrected chi connectivity index (χ2v) is 3.67. The molecule has 0 amide bonds. The first kappa shape index (κ1) is 14.4. The smallest absolute Gasteiger partial charge is 0.311 e. The molecule has 0 N–H and O–H groups in total. The average Bonchev–Trinajstić information content (AvgIpc) is 2.38. The Morgan fingerprint density at radius 2 is 2.16 bits per heavy atom. The molecule has 0 fully saturated rings. The van der Waals surface area contributed by atoms with E-state index in [1.165, 1.54) is 30.3 Å². The van der Waals surface area contributed by atoms with E-state index in [1.807, 2.05) is 6.07 Å². The predicted octanol–water partition coefficient (Wildman–Crippen LogP) is 2.15. The van der Waals surface area contributed by atoms with E-state index in [4.69, 9.17) is 10.00 Å². The highest BCUT2D eigenvalue weighted by Gasteiger charge is 2.12. The molecular formula is C13H12N2O4. The van der Waals surface area contributed by atoms with Crippen LogP contribution in [0.5, 0.6) is 0 Å². The normalized spacial score (nSPS) is 11.8. The number of nitrogens with zero attached hydrogens (tertiary/aromatic N) is 2. The van der Waals surface area contributed by atoms with Gasteiger partial charge in [0.25, 0.3) is 5.69 Å². The van der Waals surface area contributed by atoms with Crippen LogP contribution >= 0.6 is 0 Å². The summed E-state index contributed by atoms with van der Waals surface area (Å²) in [4.78, 5) is 21.5. The van der Waals surface area contributed by atoms with Crippen LogP contribution in [0.25, 0.3) is 0 Å². The lowest BCUT2D eigenvalue weighted by molar-refractivity contribution is -0.384. The topological polar surface area (TPSA) is 93.2 Å². The molecule has 0 bridgehead atoms. The zero-order valence-electron chi connectivity index (χ0n) is 10.3. The maximum Gasteiger partial charge on any atom is 0.311 e. The molecule has 0 unspecified atom stereocenters. The minimum absolute atomic E-state index is 0.0340. The number of hydrogen-bond acceptors (Lipinski definition) is 5.